The molecule has 0 aliphatic carbocycles. The molecule has 48 heavy (non-hydrogen) atoms. The number of sulfone groups is 1. The summed E-state index contributed by atoms with van der Waals surface area (Å²) < 4.78 is 23.5. The number of carboxylic acid groups (broad SMARTS) is 2. The Morgan fingerprint density at radius 3 is 1.75 bits per heavy atom. The van der Waals surface area contributed by atoms with Crippen molar-refractivity contribution in [2.24, 2.45) is 0 Å². The molecule has 1 heterocycles. The summed E-state index contributed by atoms with van der Waals surface area (Å²) in [4.78, 5) is 56.7. The maximum Gasteiger partial charge on any atom is 0.410 e. The van der Waals surface area contributed by atoms with Crippen molar-refractivity contribution in [3.63, 3.8) is 0 Å². The zero-order valence-electron chi connectivity index (χ0n) is 28.1. The molecule has 0 saturated carbocycles. The summed E-state index contributed by atoms with van der Waals surface area (Å²) in [5.74, 6) is -0.818. The molecule has 3 aromatic rings. The van der Waals surface area contributed by atoms with E-state index in [1.165, 1.54) is 31.2 Å². The molecule has 1 aromatic heterocycles. The highest BCUT2D eigenvalue weighted by Gasteiger charge is 2.43. The molecule has 0 unspecified atom stereocenters. The molecule has 14 nitrogen and oxygen atoms in total. The Labute approximate surface area is 284 Å². The second kappa shape index (κ2) is 14.6. The average Bonchev–Trinajstić information content (AvgIpc) is 3.32. The van der Waals surface area contributed by atoms with Crippen LogP contribution in [0.5, 0.6) is 0 Å². The minimum Gasteiger partial charge on any atom is -0.465 e. The lowest BCUT2D eigenvalue weighted by molar-refractivity contribution is -0.114. The fourth-order valence-corrected chi connectivity index (χ4v) is 6.40. The van der Waals surface area contributed by atoms with Gasteiger partial charge in [0.1, 0.15) is 4.88 Å². The van der Waals surface area contributed by atoms with E-state index < -0.39 is 45.3 Å². The quantitative estimate of drug-likeness (QED) is 0.152. The first-order valence-electron chi connectivity index (χ1n) is 14.9. The molecule has 0 aliphatic rings. The lowest BCUT2D eigenvalue weighted by Crippen LogP contribution is -2.66. The zero-order valence-corrected chi connectivity index (χ0v) is 29.7. The third-order valence-corrected chi connectivity index (χ3v) is 9.11. The van der Waals surface area contributed by atoms with Gasteiger partial charge in [0.05, 0.1) is 10.6 Å². The lowest BCUT2D eigenvalue weighted by Gasteiger charge is -2.48. The molecule has 260 valence electrons. The van der Waals surface area contributed by atoms with Crippen molar-refractivity contribution in [2.45, 2.75) is 83.6 Å². The van der Waals surface area contributed by atoms with Gasteiger partial charge in [-0.15, -0.1) is 0 Å². The zero-order chi connectivity index (χ0) is 36.2. The molecule has 0 spiro atoms. The molecule has 4 amide bonds. The summed E-state index contributed by atoms with van der Waals surface area (Å²) in [6.45, 7) is 11.4. The number of thiazole rings is 1. The highest BCUT2D eigenvalue weighted by molar-refractivity contribution is 7.90. The minimum absolute atomic E-state index is 0.116. The Morgan fingerprint density at radius 1 is 0.812 bits per heavy atom. The van der Waals surface area contributed by atoms with Crippen molar-refractivity contribution < 1.29 is 37.8 Å². The van der Waals surface area contributed by atoms with Crippen molar-refractivity contribution in [1.82, 2.24) is 14.8 Å². The van der Waals surface area contributed by atoms with E-state index in [2.05, 4.69) is 20.9 Å². The first-order valence-corrected chi connectivity index (χ1v) is 17.6. The molecule has 5 N–H and O–H groups in total. The van der Waals surface area contributed by atoms with E-state index in [-0.39, 0.29) is 20.8 Å². The molecule has 0 radical (unpaired) electrons. The highest BCUT2D eigenvalue weighted by atomic mass is 32.2. The third-order valence-electron chi connectivity index (χ3n) is 6.97. The van der Waals surface area contributed by atoms with Crippen molar-refractivity contribution >= 4 is 61.7 Å². The van der Waals surface area contributed by atoms with Gasteiger partial charge >= 0.3 is 12.2 Å². The largest absolute Gasteiger partial charge is 0.465 e. The molecule has 0 atom stereocenters. The minimum atomic E-state index is -3.40. The van der Waals surface area contributed by atoms with Gasteiger partial charge in [-0.3, -0.25) is 19.4 Å². The fraction of sp³-hybridized carbons (Fsp3) is 0.406. The molecule has 3 rings (SSSR count). The summed E-state index contributed by atoms with van der Waals surface area (Å²) in [7, 11) is -3.40. The van der Waals surface area contributed by atoms with Gasteiger partial charge in [-0.1, -0.05) is 23.5 Å². The van der Waals surface area contributed by atoms with Gasteiger partial charge in [0.25, 0.3) is 5.91 Å². The second-order valence-electron chi connectivity index (χ2n) is 13.1. The lowest BCUT2D eigenvalue weighted by atomic mass is 10.0. The van der Waals surface area contributed by atoms with Crippen LogP contribution < -0.4 is 16.0 Å². The molecular formula is C32H42N6O8S2. The van der Waals surface area contributed by atoms with Crippen LogP contribution in [0.25, 0.3) is 0 Å². The van der Waals surface area contributed by atoms with Crippen LogP contribution in [0.2, 0.25) is 0 Å². The summed E-state index contributed by atoms with van der Waals surface area (Å²) in [6.07, 6.45) is -1.97. The predicted molar refractivity (Wildman–Crippen MR) is 184 cm³/mol. The number of rotatable bonds is 11. The molecule has 0 aliphatic heterocycles. The standard InChI is InChI=1S/C32H42N6O8S2/c1-19(39)33-27-36-24(25(47-27)26(40)34-21-14-16-23(17-15-21)48(8,45)46)18-11-20-9-12-22(13-10-20)35-28(37(29(41)42)31(2,3)4)38(30(43)44)32(5,6)7/h9-10,12-17,28,35H,11,18H2,1-8H3,(H,34,40)(H,41,42)(H,43,44)(H,33,36,39). The van der Waals surface area contributed by atoms with Gasteiger partial charge < -0.3 is 26.2 Å². The Kier molecular flexibility index (Phi) is 11.5. The van der Waals surface area contributed by atoms with E-state index in [4.69, 9.17) is 0 Å². The average molecular weight is 703 g/mol. The van der Waals surface area contributed by atoms with Crippen molar-refractivity contribution in [3.8, 4) is 0 Å². The number of aromatic nitrogens is 1. The summed E-state index contributed by atoms with van der Waals surface area (Å²) in [6, 6.07) is 12.8. The van der Waals surface area contributed by atoms with Gasteiger partial charge in [0.2, 0.25) is 5.91 Å². The van der Waals surface area contributed by atoms with Crippen LogP contribution in [-0.2, 0) is 27.5 Å². The number of carbonyl (C=O) groups excluding carboxylic acids is 2. The number of hydrogen-bond acceptors (Lipinski definition) is 9. The van der Waals surface area contributed by atoms with Crippen LogP contribution in [0.4, 0.5) is 26.1 Å². The van der Waals surface area contributed by atoms with Crippen LogP contribution in [0.3, 0.4) is 0 Å². The van der Waals surface area contributed by atoms with Gasteiger partial charge in [0, 0.05) is 35.6 Å². The first-order chi connectivity index (χ1) is 22.1. The number of hydrogen-bond donors (Lipinski definition) is 5. The third kappa shape index (κ3) is 9.90. The second-order valence-corrected chi connectivity index (χ2v) is 16.1. The normalized spacial score (nSPS) is 11.9. The maximum absolute atomic E-state index is 13.2. The fourth-order valence-electron chi connectivity index (χ4n) is 4.82. The Hall–Kier alpha value is -4.70. The Morgan fingerprint density at radius 2 is 1.31 bits per heavy atom. The van der Waals surface area contributed by atoms with Gasteiger partial charge in [0.15, 0.2) is 21.3 Å². The number of nitrogens with one attached hydrogen (secondary N) is 3. The van der Waals surface area contributed by atoms with Crippen LogP contribution in [0, 0.1) is 0 Å². The smallest absolute Gasteiger partial charge is 0.410 e. The predicted octanol–water partition coefficient (Wildman–Crippen LogP) is 5.80. The van der Waals surface area contributed by atoms with E-state index in [0.29, 0.717) is 29.9 Å². The molecule has 0 fully saturated rings. The van der Waals surface area contributed by atoms with Gasteiger partial charge in [-0.05, 0) is 96.3 Å². The number of carbonyl (C=O) groups is 4. The molecule has 0 bridgehead atoms. The van der Waals surface area contributed by atoms with Crippen LogP contribution in [0.1, 0.15) is 69.4 Å². The number of nitrogens with zero attached hydrogens (tertiary/aromatic N) is 3. The number of anilines is 3. The van der Waals surface area contributed by atoms with Crippen LogP contribution >= 0.6 is 11.3 Å². The van der Waals surface area contributed by atoms with Crippen molar-refractivity contribution in [3.05, 3.63) is 64.7 Å². The van der Waals surface area contributed by atoms with Crippen molar-refractivity contribution in [1.29, 1.82) is 0 Å². The Balaban J connectivity index is 1.84. The molecular weight excluding hydrogens is 661 g/mol. The summed E-state index contributed by atoms with van der Waals surface area (Å²) in [5, 5.41) is 28.9. The highest BCUT2D eigenvalue weighted by Crippen LogP contribution is 2.29. The van der Waals surface area contributed by atoms with E-state index in [1.807, 2.05) is 0 Å². The number of aryl methyl sites for hydroxylation is 2. The SMILES string of the molecule is CC(=O)Nc1nc(CCc2ccc(NC(N(C(=O)O)C(C)(C)C)N(C(=O)O)C(C)(C)C)cc2)c(C(=O)Nc2ccc(S(C)(=O)=O)cc2)s1. The van der Waals surface area contributed by atoms with Crippen LogP contribution in [0.15, 0.2) is 53.4 Å². The number of amides is 4. The van der Waals surface area contributed by atoms with Gasteiger partial charge in [-0.25, -0.2) is 23.0 Å². The Bertz CT molecular complexity index is 1730. The summed E-state index contributed by atoms with van der Waals surface area (Å²) >= 11 is 1.01. The van der Waals surface area contributed by atoms with E-state index in [0.717, 1.165) is 33.0 Å². The van der Waals surface area contributed by atoms with Gasteiger partial charge in [-0.2, -0.15) is 0 Å². The maximum atomic E-state index is 13.2. The molecule has 0 saturated heterocycles. The first kappa shape index (κ1) is 37.8. The van der Waals surface area contributed by atoms with E-state index in [9.17, 15) is 37.8 Å². The topological polar surface area (TPSA) is 198 Å². The number of benzene rings is 2. The summed E-state index contributed by atoms with van der Waals surface area (Å²) in [5.41, 5.74) is 0.269. The molecule has 2 aromatic carbocycles. The van der Waals surface area contributed by atoms with Crippen molar-refractivity contribution in [2.75, 3.05) is 22.2 Å². The van der Waals surface area contributed by atoms with E-state index in [1.54, 1.807) is 65.8 Å². The van der Waals surface area contributed by atoms with E-state index >= 15 is 0 Å². The monoisotopic (exact) mass is 702 g/mol. The van der Waals surface area contributed by atoms with Crippen LogP contribution in [-0.4, -0.2) is 81.0 Å². The molecule has 16 heteroatoms.